The van der Waals surface area contributed by atoms with Crippen LogP contribution in [0.2, 0.25) is 0 Å². The van der Waals surface area contributed by atoms with E-state index in [1.807, 2.05) is 6.92 Å². The average Bonchev–Trinajstić information content (AvgIpc) is 2.70. The molecule has 1 aliphatic heterocycles. The van der Waals surface area contributed by atoms with E-state index in [1.165, 1.54) is 23.5 Å². The van der Waals surface area contributed by atoms with Gasteiger partial charge in [-0.15, -0.1) is 23.5 Å². The number of hydrogen-bond acceptors (Lipinski definition) is 4. The third kappa shape index (κ3) is 6.04. The Hall–Kier alpha value is -1.52. The molecule has 0 aromatic heterocycles. The van der Waals surface area contributed by atoms with E-state index in [4.69, 9.17) is 4.74 Å². The lowest BCUT2D eigenvalue weighted by Crippen LogP contribution is -2.26. The maximum absolute atomic E-state index is 14.5. The minimum atomic E-state index is -4.43. The number of benzene rings is 2. The summed E-state index contributed by atoms with van der Waals surface area (Å²) in [6.07, 6.45) is -3.50. The van der Waals surface area contributed by atoms with E-state index in [0.717, 1.165) is 36.1 Å². The molecule has 10 heteroatoms. The molecule has 0 bridgehead atoms. The van der Waals surface area contributed by atoms with Crippen molar-refractivity contribution in [1.82, 2.24) is 0 Å². The van der Waals surface area contributed by atoms with Gasteiger partial charge in [0.2, 0.25) is 0 Å². The van der Waals surface area contributed by atoms with Gasteiger partial charge in [0.15, 0.2) is 11.6 Å². The Kier molecular flexibility index (Phi) is 8.09. The van der Waals surface area contributed by atoms with Crippen LogP contribution >= 0.6 is 23.5 Å². The minimum absolute atomic E-state index is 0.241. The summed E-state index contributed by atoms with van der Waals surface area (Å²) in [4.78, 5) is 0. The Balaban J connectivity index is 1.72. The summed E-state index contributed by atoms with van der Waals surface area (Å²) < 4.78 is 93.6. The van der Waals surface area contributed by atoms with E-state index in [2.05, 4.69) is 4.74 Å². The van der Waals surface area contributed by atoms with E-state index in [-0.39, 0.29) is 10.1 Å². The average molecular weight is 483 g/mol. The summed E-state index contributed by atoms with van der Waals surface area (Å²) in [5, 5.41) is 0. The minimum Gasteiger partial charge on any atom is -0.429 e. The molecule has 2 aromatic carbocycles. The van der Waals surface area contributed by atoms with Gasteiger partial charge in [-0.2, -0.15) is 8.78 Å². The first kappa shape index (κ1) is 24.1. The second-order valence-electron chi connectivity index (χ2n) is 6.99. The van der Waals surface area contributed by atoms with Crippen molar-refractivity contribution in [3.8, 4) is 5.75 Å². The second kappa shape index (κ2) is 10.4. The lowest BCUT2D eigenvalue weighted by molar-refractivity contribution is -0.189. The molecule has 0 radical (unpaired) electrons. The van der Waals surface area contributed by atoms with Crippen molar-refractivity contribution in [2.24, 2.45) is 5.92 Å². The van der Waals surface area contributed by atoms with Gasteiger partial charge in [0.05, 0.1) is 11.2 Å². The number of ether oxygens (including phenoxy) is 2. The van der Waals surface area contributed by atoms with Crippen LogP contribution in [0.3, 0.4) is 0 Å². The molecule has 0 N–H and O–H groups in total. The number of thioether (sulfide) groups is 2. The van der Waals surface area contributed by atoms with E-state index < -0.39 is 40.7 Å². The summed E-state index contributed by atoms with van der Waals surface area (Å²) in [7, 11) is 0. The van der Waals surface area contributed by atoms with Gasteiger partial charge in [-0.25, -0.2) is 17.6 Å². The molecule has 2 nitrogen and oxygen atoms in total. The van der Waals surface area contributed by atoms with Gasteiger partial charge in [-0.3, -0.25) is 0 Å². The van der Waals surface area contributed by atoms with Crippen LogP contribution in [0.4, 0.5) is 26.3 Å². The molecule has 0 amide bonds. The Bertz CT molecular complexity index is 880. The fourth-order valence-electron chi connectivity index (χ4n) is 2.97. The molecule has 0 aliphatic carbocycles. The van der Waals surface area contributed by atoms with E-state index in [9.17, 15) is 26.3 Å². The zero-order valence-electron chi connectivity index (χ0n) is 16.5. The van der Waals surface area contributed by atoms with Gasteiger partial charge < -0.3 is 9.47 Å². The van der Waals surface area contributed by atoms with Crippen molar-refractivity contribution in [2.75, 3.05) is 24.7 Å². The molecule has 0 spiro atoms. The molecule has 1 saturated heterocycles. The summed E-state index contributed by atoms with van der Waals surface area (Å²) in [5.41, 5.74) is -1.34. The van der Waals surface area contributed by atoms with Crippen LogP contribution < -0.4 is 4.74 Å². The van der Waals surface area contributed by atoms with Gasteiger partial charge in [0.25, 0.3) is 0 Å². The third-order valence-corrected chi connectivity index (χ3v) is 7.73. The number of hydrogen-bond donors (Lipinski definition) is 0. The smallest absolute Gasteiger partial charge is 0.429 e. The second-order valence-corrected chi connectivity index (χ2v) is 9.57. The van der Waals surface area contributed by atoms with Gasteiger partial charge in [-0.05, 0) is 36.2 Å². The zero-order chi connectivity index (χ0) is 22.6. The van der Waals surface area contributed by atoms with Crippen molar-refractivity contribution >= 4 is 23.5 Å². The predicted octanol–water partition coefficient (Wildman–Crippen LogP) is 6.89. The van der Waals surface area contributed by atoms with Crippen LogP contribution in [-0.2, 0) is 10.8 Å². The highest BCUT2D eigenvalue weighted by Crippen LogP contribution is 2.47. The largest absolute Gasteiger partial charge is 0.432 e. The van der Waals surface area contributed by atoms with Gasteiger partial charge in [-0.1, -0.05) is 6.92 Å². The van der Waals surface area contributed by atoms with Crippen molar-refractivity contribution < 1.29 is 35.8 Å². The SMILES string of the molecule is CCCOCC1CSC(c2cc(F)c(C(F)(F)Oc3ccc(F)c(F)c3)c(F)c2)SC1. The number of halogens is 6. The van der Waals surface area contributed by atoms with Gasteiger partial charge in [0.1, 0.15) is 22.9 Å². The quantitative estimate of drug-likeness (QED) is 0.301. The molecular weight excluding hydrogens is 462 g/mol. The first-order chi connectivity index (χ1) is 14.7. The molecule has 0 unspecified atom stereocenters. The molecule has 170 valence electrons. The highest BCUT2D eigenvalue weighted by molar-refractivity contribution is 8.16. The maximum Gasteiger partial charge on any atom is 0.432 e. The standard InChI is InChI=1S/C21H20F6O2S2/c1-2-5-28-9-12-10-30-20(31-11-12)13-6-17(24)19(18(25)7-13)21(26,27)29-14-3-4-15(22)16(23)8-14/h3-4,6-8,12,20H,2,5,9-11H2,1H3. The van der Waals surface area contributed by atoms with Crippen LogP contribution in [0.15, 0.2) is 30.3 Å². The fraction of sp³-hybridized carbons (Fsp3) is 0.429. The van der Waals surface area contributed by atoms with Crippen LogP contribution in [0.1, 0.15) is 29.1 Å². The summed E-state index contributed by atoms with van der Waals surface area (Å²) in [5.74, 6) is -4.64. The fourth-order valence-corrected chi connectivity index (χ4v) is 5.96. The molecule has 0 saturated carbocycles. The van der Waals surface area contributed by atoms with Crippen molar-refractivity contribution in [3.63, 3.8) is 0 Å². The van der Waals surface area contributed by atoms with Gasteiger partial charge in [0, 0.05) is 30.1 Å². The molecule has 0 atom stereocenters. The lowest BCUT2D eigenvalue weighted by Gasteiger charge is -2.28. The Morgan fingerprint density at radius 1 is 0.935 bits per heavy atom. The number of rotatable bonds is 8. The van der Waals surface area contributed by atoms with Crippen LogP contribution in [0, 0.1) is 29.2 Å². The first-order valence-corrected chi connectivity index (χ1v) is 11.6. The molecule has 3 rings (SSSR count). The predicted molar refractivity (Wildman–Crippen MR) is 109 cm³/mol. The summed E-state index contributed by atoms with van der Waals surface area (Å²) in [6, 6.07) is 3.42. The van der Waals surface area contributed by atoms with Crippen molar-refractivity contribution in [3.05, 3.63) is 64.7 Å². The maximum atomic E-state index is 14.5. The first-order valence-electron chi connectivity index (χ1n) is 9.53. The highest BCUT2D eigenvalue weighted by Gasteiger charge is 2.42. The third-order valence-electron chi connectivity index (χ3n) is 4.43. The van der Waals surface area contributed by atoms with Crippen molar-refractivity contribution in [2.45, 2.75) is 24.0 Å². The molecular formula is C21H20F6O2S2. The number of alkyl halides is 2. The van der Waals surface area contributed by atoms with Crippen molar-refractivity contribution in [1.29, 1.82) is 0 Å². The molecule has 31 heavy (non-hydrogen) atoms. The van der Waals surface area contributed by atoms with E-state index in [1.54, 1.807) is 0 Å². The van der Waals surface area contributed by atoms with E-state index >= 15 is 0 Å². The van der Waals surface area contributed by atoms with Crippen LogP contribution in [-0.4, -0.2) is 24.7 Å². The Morgan fingerprint density at radius 2 is 1.58 bits per heavy atom. The topological polar surface area (TPSA) is 18.5 Å². The van der Waals surface area contributed by atoms with Crippen LogP contribution in [0.5, 0.6) is 5.75 Å². The highest BCUT2D eigenvalue weighted by atomic mass is 32.2. The Labute approximate surface area is 184 Å². The van der Waals surface area contributed by atoms with Gasteiger partial charge >= 0.3 is 6.11 Å². The van der Waals surface area contributed by atoms with Crippen LogP contribution in [0.25, 0.3) is 0 Å². The summed E-state index contributed by atoms with van der Waals surface area (Å²) >= 11 is 2.94. The molecule has 1 aliphatic rings. The molecule has 1 heterocycles. The lowest BCUT2D eigenvalue weighted by atomic mass is 10.1. The normalized spacial score (nSPS) is 19.5. The van der Waals surface area contributed by atoms with E-state index in [0.29, 0.717) is 31.3 Å². The summed E-state index contributed by atoms with van der Waals surface area (Å²) in [6.45, 7) is 3.30. The zero-order valence-corrected chi connectivity index (χ0v) is 18.1. The molecule has 2 aromatic rings. The monoisotopic (exact) mass is 482 g/mol. The molecule has 1 fully saturated rings. The Morgan fingerprint density at radius 3 is 2.16 bits per heavy atom.